The predicted molar refractivity (Wildman–Crippen MR) is 108 cm³/mol. The van der Waals surface area contributed by atoms with Crippen molar-refractivity contribution in [3.8, 4) is 5.75 Å². The molecule has 4 nitrogen and oxygen atoms in total. The van der Waals surface area contributed by atoms with Crippen molar-refractivity contribution in [1.82, 2.24) is 4.90 Å². The minimum Gasteiger partial charge on any atom is -0.497 e. The maximum absolute atomic E-state index is 13.1. The Kier molecular flexibility index (Phi) is 6.70. The van der Waals surface area contributed by atoms with E-state index in [1.54, 1.807) is 19.2 Å². The van der Waals surface area contributed by atoms with Crippen molar-refractivity contribution >= 4 is 0 Å². The average Bonchev–Trinajstić information content (AvgIpc) is 2.69. The van der Waals surface area contributed by atoms with Gasteiger partial charge in [-0.1, -0.05) is 24.3 Å². The van der Waals surface area contributed by atoms with E-state index >= 15 is 0 Å². The van der Waals surface area contributed by atoms with Crippen LogP contribution in [0.25, 0.3) is 0 Å². The first-order valence-electron chi connectivity index (χ1n) is 9.78. The summed E-state index contributed by atoms with van der Waals surface area (Å²) in [6.45, 7) is 1.24. The van der Waals surface area contributed by atoms with Gasteiger partial charge in [-0.15, -0.1) is 0 Å². The molecule has 0 amide bonds. The van der Waals surface area contributed by atoms with Crippen LogP contribution < -0.4 is 4.74 Å². The molecule has 5 heteroatoms. The molecule has 2 aromatic carbocycles. The molecule has 3 rings (SSSR count). The number of benzene rings is 2. The first kappa shape index (κ1) is 20.8. The minimum absolute atomic E-state index is 0.0582. The first-order chi connectivity index (χ1) is 13.4. The van der Waals surface area contributed by atoms with Gasteiger partial charge in [-0.3, -0.25) is 0 Å². The van der Waals surface area contributed by atoms with Crippen LogP contribution >= 0.6 is 0 Å². The number of methoxy groups -OCH3 is 1. The molecule has 28 heavy (non-hydrogen) atoms. The summed E-state index contributed by atoms with van der Waals surface area (Å²) < 4.78 is 24.4. The van der Waals surface area contributed by atoms with Crippen LogP contribution in [0.1, 0.15) is 30.4 Å². The maximum Gasteiger partial charge on any atom is 0.123 e. The van der Waals surface area contributed by atoms with Crippen LogP contribution in [0.15, 0.2) is 48.5 Å². The highest BCUT2D eigenvalue weighted by Gasteiger charge is 2.43. The number of halogens is 1. The van der Waals surface area contributed by atoms with Gasteiger partial charge in [-0.2, -0.15) is 0 Å². The molecule has 1 N–H and O–H groups in total. The fourth-order valence-corrected chi connectivity index (χ4v) is 4.09. The van der Waals surface area contributed by atoms with E-state index in [2.05, 4.69) is 4.90 Å². The molecule has 1 saturated carbocycles. The van der Waals surface area contributed by atoms with Crippen LogP contribution in [0.4, 0.5) is 4.39 Å². The Labute approximate surface area is 166 Å². The molecule has 0 saturated heterocycles. The van der Waals surface area contributed by atoms with E-state index in [0.717, 1.165) is 36.3 Å². The molecule has 0 heterocycles. The highest BCUT2D eigenvalue weighted by Crippen LogP contribution is 2.43. The Balaban J connectivity index is 1.70. The second-order valence-corrected chi connectivity index (χ2v) is 7.95. The van der Waals surface area contributed by atoms with Crippen molar-refractivity contribution < 1.29 is 19.0 Å². The van der Waals surface area contributed by atoms with Crippen molar-refractivity contribution in [3.05, 3.63) is 65.5 Å². The summed E-state index contributed by atoms with van der Waals surface area (Å²) in [6, 6.07) is 14.1. The third kappa shape index (κ3) is 4.90. The van der Waals surface area contributed by atoms with Crippen molar-refractivity contribution in [3.63, 3.8) is 0 Å². The molecule has 0 bridgehead atoms. The minimum atomic E-state index is -0.883. The van der Waals surface area contributed by atoms with Crippen molar-refractivity contribution in [1.29, 1.82) is 0 Å². The molecular formula is C23H30FNO3. The molecule has 0 unspecified atom stereocenters. The lowest BCUT2D eigenvalue weighted by molar-refractivity contribution is -0.110. The van der Waals surface area contributed by atoms with E-state index in [9.17, 15) is 9.50 Å². The summed E-state index contributed by atoms with van der Waals surface area (Å²) >= 11 is 0. The number of nitrogens with zero attached hydrogens (tertiary/aromatic N) is 1. The van der Waals surface area contributed by atoms with E-state index < -0.39 is 5.60 Å². The van der Waals surface area contributed by atoms with E-state index in [0.29, 0.717) is 13.0 Å². The van der Waals surface area contributed by atoms with Crippen molar-refractivity contribution in [2.24, 2.45) is 5.92 Å². The van der Waals surface area contributed by atoms with E-state index in [1.807, 2.05) is 38.4 Å². The van der Waals surface area contributed by atoms with Crippen LogP contribution in [0.2, 0.25) is 0 Å². The normalized spacial score (nSPS) is 25.1. The Bertz CT molecular complexity index is 747. The SMILES string of the molecule is COc1ccc([C@@]2(O)CC[C@H](OCc3ccc(F)cc3)C[C@@H]2CN(C)C)cc1. The van der Waals surface area contributed by atoms with Crippen LogP contribution in [0.5, 0.6) is 5.75 Å². The number of hydrogen-bond donors (Lipinski definition) is 1. The molecule has 1 fully saturated rings. The van der Waals surface area contributed by atoms with Gasteiger partial charge in [0.1, 0.15) is 11.6 Å². The van der Waals surface area contributed by atoms with Gasteiger partial charge in [0.05, 0.1) is 25.4 Å². The molecule has 0 aliphatic heterocycles. The number of rotatable bonds is 7. The van der Waals surface area contributed by atoms with E-state index in [4.69, 9.17) is 9.47 Å². The average molecular weight is 387 g/mol. The highest BCUT2D eigenvalue weighted by molar-refractivity contribution is 5.32. The number of aliphatic hydroxyl groups is 1. The quantitative estimate of drug-likeness (QED) is 0.781. The van der Waals surface area contributed by atoms with Gasteiger partial charge in [0, 0.05) is 12.5 Å². The first-order valence-corrected chi connectivity index (χ1v) is 9.78. The summed E-state index contributed by atoms with van der Waals surface area (Å²) in [5, 5.41) is 11.6. The maximum atomic E-state index is 13.1. The second-order valence-electron chi connectivity index (χ2n) is 7.95. The van der Waals surface area contributed by atoms with E-state index in [1.165, 1.54) is 12.1 Å². The molecule has 2 aromatic rings. The zero-order chi connectivity index (χ0) is 20.1. The summed E-state index contributed by atoms with van der Waals surface area (Å²) in [5.74, 6) is 0.604. The van der Waals surface area contributed by atoms with Gasteiger partial charge in [0.15, 0.2) is 0 Å². The lowest BCUT2D eigenvalue weighted by Crippen LogP contribution is -2.46. The molecular weight excluding hydrogens is 357 g/mol. The monoisotopic (exact) mass is 387 g/mol. The lowest BCUT2D eigenvalue weighted by Gasteiger charge is -2.44. The van der Waals surface area contributed by atoms with Gasteiger partial charge in [-0.25, -0.2) is 4.39 Å². The van der Waals surface area contributed by atoms with Crippen molar-refractivity contribution in [2.75, 3.05) is 27.7 Å². The third-order valence-corrected chi connectivity index (χ3v) is 5.64. The van der Waals surface area contributed by atoms with Crippen LogP contribution in [0.3, 0.4) is 0 Å². The highest BCUT2D eigenvalue weighted by atomic mass is 19.1. The zero-order valence-electron chi connectivity index (χ0n) is 16.9. The van der Waals surface area contributed by atoms with Gasteiger partial charge >= 0.3 is 0 Å². The molecule has 0 aromatic heterocycles. The standard InChI is InChI=1S/C23H30FNO3/c1-25(2)15-19-14-22(28-16-17-4-8-20(24)9-5-17)12-13-23(19,26)18-6-10-21(27-3)11-7-18/h4-11,19,22,26H,12-16H2,1-3H3/t19-,22+,23+/m1/s1. The molecule has 3 atom stereocenters. The fraction of sp³-hybridized carbons (Fsp3) is 0.478. The van der Waals surface area contributed by atoms with Gasteiger partial charge in [0.2, 0.25) is 0 Å². The predicted octanol–water partition coefficient (Wildman–Crippen LogP) is 3.97. The lowest BCUT2D eigenvalue weighted by atomic mass is 9.70. The zero-order valence-corrected chi connectivity index (χ0v) is 16.9. The summed E-state index contributed by atoms with van der Waals surface area (Å²) in [7, 11) is 5.69. The number of hydrogen-bond acceptors (Lipinski definition) is 4. The smallest absolute Gasteiger partial charge is 0.123 e. The Morgan fingerprint density at radius 3 is 2.39 bits per heavy atom. The Morgan fingerprint density at radius 2 is 1.79 bits per heavy atom. The van der Waals surface area contributed by atoms with E-state index in [-0.39, 0.29) is 17.8 Å². The molecule has 152 valence electrons. The Morgan fingerprint density at radius 1 is 1.11 bits per heavy atom. The van der Waals surface area contributed by atoms with Crippen molar-refractivity contribution in [2.45, 2.75) is 37.6 Å². The molecule has 0 spiro atoms. The fourth-order valence-electron chi connectivity index (χ4n) is 4.09. The summed E-state index contributed by atoms with van der Waals surface area (Å²) in [5.41, 5.74) is 1.01. The van der Waals surface area contributed by atoms with Crippen LogP contribution in [-0.4, -0.2) is 43.9 Å². The van der Waals surface area contributed by atoms with Crippen LogP contribution in [0, 0.1) is 11.7 Å². The van der Waals surface area contributed by atoms with Crippen LogP contribution in [-0.2, 0) is 16.9 Å². The topological polar surface area (TPSA) is 41.9 Å². The molecule has 1 aliphatic carbocycles. The van der Waals surface area contributed by atoms with Gasteiger partial charge < -0.3 is 19.5 Å². The van der Waals surface area contributed by atoms with Gasteiger partial charge in [0.25, 0.3) is 0 Å². The molecule has 1 aliphatic rings. The number of ether oxygens (including phenoxy) is 2. The summed E-state index contributed by atoms with van der Waals surface area (Å²) in [4.78, 5) is 2.11. The second kappa shape index (κ2) is 9.03. The largest absolute Gasteiger partial charge is 0.497 e. The molecule has 0 radical (unpaired) electrons. The third-order valence-electron chi connectivity index (χ3n) is 5.64. The van der Waals surface area contributed by atoms with Gasteiger partial charge in [-0.05, 0) is 68.8 Å². The summed E-state index contributed by atoms with van der Waals surface area (Å²) in [6.07, 6.45) is 2.29. The Hall–Kier alpha value is -1.95.